The average Bonchev–Trinajstić information content (AvgIpc) is 3.36. The fraction of sp³-hybridized carbons (Fsp3) is 0.750. The van der Waals surface area contributed by atoms with Crippen molar-refractivity contribution >= 4 is 0 Å². The third-order valence-corrected chi connectivity index (χ3v) is 6.77. The average molecular weight is 377 g/mol. The summed E-state index contributed by atoms with van der Waals surface area (Å²) < 4.78 is 0. The molecule has 0 amide bonds. The zero-order chi connectivity index (χ0) is 20.1. The molecule has 27 heavy (non-hydrogen) atoms. The van der Waals surface area contributed by atoms with Crippen molar-refractivity contribution < 1.29 is 15.3 Å². The molecule has 1 aliphatic carbocycles. The zero-order valence-electron chi connectivity index (χ0n) is 17.9. The molecule has 0 bridgehead atoms. The van der Waals surface area contributed by atoms with Crippen LogP contribution in [0.4, 0.5) is 0 Å². The van der Waals surface area contributed by atoms with Crippen molar-refractivity contribution in [1.82, 2.24) is 0 Å². The summed E-state index contributed by atoms with van der Waals surface area (Å²) >= 11 is 0. The number of phenolic OH excluding ortho intramolecular Hbond substituents is 3. The molecule has 0 aliphatic heterocycles. The van der Waals surface area contributed by atoms with Gasteiger partial charge in [-0.1, -0.05) is 53.4 Å². The van der Waals surface area contributed by atoms with Crippen LogP contribution in [-0.2, 0) is 12.8 Å². The van der Waals surface area contributed by atoms with Gasteiger partial charge < -0.3 is 15.3 Å². The largest absolute Gasteiger partial charge is 0.504 e. The van der Waals surface area contributed by atoms with Gasteiger partial charge in [0, 0.05) is 5.56 Å². The summed E-state index contributed by atoms with van der Waals surface area (Å²) in [6.07, 6.45) is 13.6. The minimum Gasteiger partial charge on any atom is -0.504 e. The van der Waals surface area contributed by atoms with Crippen LogP contribution in [0, 0.1) is 10.8 Å². The fourth-order valence-corrected chi connectivity index (χ4v) is 3.83. The molecule has 1 aromatic carbocycles. The van der Waals surface area contributed by atoms with Crippen LogP contribution >= 0.6 is 0 Å². The van der Waals surface area contributed by atoms with Crippen molar-refractivity contribution in [1.29, 1.82) is 0 Å². The van der Waals surface area contributed by atoms with Gasteiger partial charge in [0.15, 0.2) is 11.5 Å². The van der Waals surface area contributed by atoms with Gasteiger partial charge in [0.05, 0.1) is 0 Å². The monoisotopic (exact) mass is 376 g/mol. The maximum Gasteiger partial charge on any atom is 0.200 e. The van der Waals surface area contributed by atoms with E-state index in [1.54, 1.807) is 6.07 Å². The first-order chi connectivity index (χ1) is 12.7. The zero-order valence-corrected chi connectivity index (χ0v) is 17.9. The summed E-state index contributed by atoms with van der Waals surface area (Å²) in [6.45, 7) is 9.21. The number of aryl methyl sites for hydroxylation is 1. The van der Waals surface area contributed by atoms with Crippen LogP contribution < -0.4 is 0 Å². The fourth-order valence-electron chi connectivity index (χ4n) is 3.83. The maximum absolute atomic E-state index is 10.4. The Balaban J connectivity index is 1.90. The molecule has 1 aromatic rings. The van der Waals surface area contributed by atoms with Crippen molar-refractivity contribution in [2.75, 3.05) is 0 Å². The maximum atomic E-state index is 10.4. The summed E-state index contributed by atoms with van der Waals surface area (Å²) in [5.41, 5.74) is 2.81. The third kappa shape index (κ3) is 6.62. The predicted octanol–water partition coefficient (Wildman–Crippen LogP) is 6.86. The van der Waals surface area contributed by atoms with Crippen molar-refractivity contribution in [2.24, 2.45) is 10.8 Å². The van der Waals surface area contributed by atoms with Crippen LogP contribution in [0.5, 0.6) is 17.2 Å². The standard InChI is InChI=1S/C24H40O3/c1-5-23(2,3)13-10-8-11-18-17-20(25)22(27)21(26)19(18)12-7-6-9-14-24(4)15-16-24/h17,25-27H,5-16H2,1-4H3. The minimum absolute atomic E-state index is 0.118. The van der Waals surface area contributed by atoms with E-state index in [9.17, 15) is 15.3 Å². The van der Waals surface area contributed by atoms with E-state index in [4.69, 9.17) is 0 Å². The molecule has 1 aliphatic rings. The molecule has 0 heterocycles. The Hall–Kier alpha value is -1.38. The Morgan fingerprint density at radius 2 is 1.59 bits per heavy atom. The number of rotatable bonds is 12. The summed E-state index contributed by atoms with van der Waals surface area (Å²) in [5, 5.41) is 30.2. The molecule has 0 saturated heterocycles. The van der Waals surface area contributed by atoms with Gasteiger partial charge in [0.25, 0.3) is 0 Å². The predicted molar refractivity (Wildman–Crippen MR) is 113 cm³/mol. The lowest BCUT2D eigenvalue weighted by atomic mass is 9.84. The van der Waals surface area contributed by atoms with Gasteiger partial charge in [-0.15, -0.1) is 0 Å². The van der Waals surface area contributed by atoms with E-state index in [0.29, 0.717) is 10.8 Å². The molecular weight excluding hydrogens is 336 g/mol. The normalized spacial score (nSPS) is 15.9. The first-order valence-electron chi connectivity index (χ1n) is 10.9. The van der Waals surface area contributed by atoms with Crippen LogP contribution in [0.1, 0.15) is 103 Å². The number of aromatic hydroxyl groups is 3. The highest BCUT2D eigenvalue weighted by atomic mass is 16.3. The Bertz CT molecular complexity index is 615. The first-order valence-corrected chi connectivity index (χ1v) is 10.9. The van der Waals surface area contributed by atoms with Gasteiger partial charge in [-0.25, -0.2) is 0 Å². The lowest BCUT2D eigenvalue weighted by Gasteiger charge is -2.22. The lowest BCUT2D eigenvalue weighted by molar-refractivity contribution is 0.309. The molecular formula is C24H40O3. The molecule has 0 spiro atoms. The Labute approximate surface area is 165 Å². The van der Waals surface area contributed by atoms with Crippen LogP contribution in [0.15, 0.2) is 6.07 Å². The van der Waals surface area contributed by atoms with Crippen molar-refractivity contribution in [2.45, 2.75) is 105 Å². The van der Waals surface area contributed by atoms with Crippen LogP contribution in [0.2, 0.25) is 0 Å². The number of hydrogen-bond acceptors (Lipinski definition) is 3. The van der Waals surface area contributed by atoms with E-state index >= 15 is 0 Å². The number of phenols is 3. The van der Waals surface area contributed by atoms with E-state index in [2.05, 4.69) is 27.7 Å². The molecule has 0 atom stereocenters. The highest BCUT2D eigenvalue weighted by Gasteiger charge is 2.35. The van der Waals surface area contributed by atoms with Gasteiger partial charge in [0.2, 0.25) is 5.75 Å². The van der Waals surface area contributed by atoms with Gasteiger partial charge >= 0.3 is 0 Å². The summed E-state index contributed by atoms with van der Waals surface area (Å²) in [5.74, 6) is -0.693. The number of hydrogen-bond donors (Lipinski definition) is 3. The van der Waals surface area contributed by atoms with E-state index in [1.165, 1.54) is 38.5 Å². The molecule has 3 nitrogen and oxygen atoms in total. The molecule has 1 saturated carbocycles. The summed E-state index contributed by atoms with van der Waals surface area (Å²) in [6, 6.07) is 1.65. The van der Waals surface area contributed by atoms with Gasteiger partial charge in [0.1, 0.15) is 0 Å². The summed E-state index contributed by atoms with van der Waals surface area (Å²) in [7, 11) is 0. The van der Waals surface area contributed by atoms with Crippen LogP contribution in [0.25, 0.3) is 0 Å². The molecule has 3 N–H and O–H groups in total. The molecule has 0 unspecified atom stereocenters. The van der Waals surface area contributed by atoms with Crippen molar-refractivity contribution in [3.63, 3.8) is 0 Å². The number of benzene rings is 1. The molecule has 0 radical (unpaired) electrons. The molecule has 0 aromatic heterocycles. The number of unbranched alkanes of at least 4 members (excludes halogenated alkanes) is 3. The molecule has 3 heteroatoms. The molecule has 1 fully saturated rings. The second-order valence-electron chi connectivity index (χ2n) is 9.83. The highest BCUT2D eigenvalue weighted by Crippen LogP contribution is 2.49. The second-order valence-corrected chi connectivity index (χ2v) is 9.83. The smallest absolute Gasteiger partial charge is 0.200 e. The van der Waals surface area contributed by atoms with Crippen molar-refractivity contribution in [3.8, 4) is 17.2 Å². The lowest BCUT2D eigenvalue weighted by Crippen LogP contribution is -2.09. The second kappa shape index (κ2) is 9.21. The Kier molecular flexibility index (Phi) is 7.47. The van der Waals surface area contributed by atoms with E-state index in [-0.39, 0.29) is 17.2 Å². The Morgan fingerprint density at radius 3 is 2.22 bits per heavy atom. The van der Waals surface area contributed by atoms with Gasteiger partial charge in [-0.05, 0) is 73.8 Å². The van der Waals surface area contributed by atoms with Gasteiger partial charge in [-0.3, -0.25) is 0 Å². The van der Waals surface area contributed by atoms with E-state index in [1.807, 2.05) is 0 Å². The SMILES string of the molecule is CCC(C)(C)CCCCc1cc(O)c(O)c(O)c1CCCCCC1(C)CC1. The third-order valence-electron chi connectivity index (χ3n) is 6.77. The topological polar surface area (TPSA) is 60.7 Å². The van der Waals surface area contributed by atoms with Gasteiger partial charge in [-0.2, -0.15) is 0 Å². The Morgan fingerprint density at radius 1 is 0.926 bits per heavy atom. The summed E-state index contributed by atoms with van der Waals surface area (Å²) in [4.78, 5) is 0. The minimum atomic E-state index is -0.369. The quantitative estimate of drug-likeness (QED) is 0.276. The van der Waals surface area contributed by atoms with Crippen LogP contribution in [0.3, 0.4) is 0 Å². The van der Waals surface area contributed by atoms with E-state index in [0.717, 1.165) is 49.7 Å². The molecule has 154 valence electrons. The van der Waals surface area contributed by atoms with Crippen molar-refractivity contribution in [3.05, 3.63) is 17.2 Å². The first kappa shape index (κ1) is 21.9. The molecule has 2 rings (SSSR count). The van der Waals surface area contributed by atoms with Crippen LogP contribution in [-0.4, -0.2) is 15.3 Å². The highest BCUT2D eigenvalue weighted by molar-refractivity contribution is 5.57. The van der Waals surface area contributed by atoms with E-state index < -0.39 is 0 Å².